The lowest BCUT2D eigenvalue weighted by Crippen LogP contribution is -2.44. The smallest absolute Gasteiger partial charge is 0.257 e. The molecule has 1 atom stereocenters. The van der Waals surface area contributed by atoms with Gasteiger partial charge >= 0.3 is 0 Å². The van der Waals surface area contributed by atoms with E-state index in [1.54, 1.807) is 12.1 Å². The number of benzene rings is 1. The molecule has 1 aromatic carbocycles. The number of amides is 1. The molecule has 2 N–H and O–H groups in total. The molecule has 126 valence electrons. The number of rotatable bonds is 5. The van der Waals surface area contributed by atoms with Crippen LogP contribution in [0.2, 0.25) is 0 Å². The molecule has 1 fully saturated rings. The molecule has 2 rings (SSSR count). The molecule has 0 aliphatic heterocycles. The second-order valence-electron chi connectivity index (χ2n) is 6.12. The third kappa shape index (κ3) is 5.82. The summed E-state index contributed by atoms with van der Waals surface area (Å²) in [7, 11) is 0. The Morgan fingerprint density at radius 3 is 2.52 bits per heavy atom. The van der Waals surface area contributed by atoms with E-state index >= 15 is 0 Å². The standard InChI is InChI=1S/C18H26N2O2S/c1-3-13(2)22-16-11-9-14(10-12-16)17(21)20-18(23)19-15-7-5-4-6-8-15/h9-13,15H,3-8H2,1-2H3,(H2,19,20,21,23). The Hall–Kier alpha value is -1.62. The van der Waals surface area contributed by atoms with E-state index in [1.807, 2.05) is 19.1 Å². The first kappa shape index (κ1) is 17.7. The van der Waals surface area contributed by atoms with Crippen molar-refractivity contribution in [2.75, 3.05) is 0 Å². The lowest BCUT2D eigenvalue weighted by molar-refractivity contribution is 0.0976. The quantitative estimate of drug-likeness (QED) is 0.804. The summed E-state index contributed by atoms with van der Waals surface area (Å²) in [6, 6.07) is 7.55. The average molecular weight is 334 g/mol. The van der Waals surface area contributed by atoms with E-state index in [9.17, 15) is 4.79 Å². The zero-order chi connectivity index (χ0) is 16.7. The number of carbonyl (C=O) groups excluding carboxylic acids is 1. The predicted molar refractivity (Wildman–Crippen MR) is 96.9 cm³/mol. The molecule has 1 amide bonds. The second-order valence-corrected chi connectivity index (χ2v) is 6.53. The highest BCUT2D eigenvalue weighted by molar-refractivity contribution is 7.80. The molecular weight excluding hydrogens is 308 g/mol. The minimum Gasteiger partial charge on any atom is -0.491 e. The van der Waals surface area contributed by atoms with E-state index in [1.165, 1.54) is 19.3 Å². The van der Waals surface area contributed by atoms with Crippen LogP contribution in [0, 0.1) is 0 Å². The minimum atomic E-state index is -0.187. The maximum atomic E-state index is 12.2. The van der Waals surface area contributed by atoms with Gasteiger partial charge in [-0.1, -0.05) is 26.2 Å². The van der Waals surface area contributed by atoms with E-state index in [0.717, 1.165) is 25.0 Å². The van der Waals surface area contributed by atoms with Crippen molar-refractivity contribution in [1.82, 2.24) is 10.6 Å². The van der Waals surface area contributed by atoms with Crippen molar-refractivity contribution in [3.8, 4) is 5.75 Å². The molecule has 4 nitrogen and oxygen atoms in total. The van der Waals surface area contributed by atoms with Crippen molar-refractivity contribution < 1.29 is 9.53 Å². The molecule has 1 aromatic rings. The molecule has 1 unspecified atom stereocenters. The van der Waals surface area contributed by atoms with Crippen LogP contribution in [-0.2, 0) is 0 Å². The third-order valence-electron chi connectivity index (χ3n) is 4.20. The van der Waals surface area contributed by atoms with E-state index in [2.05, 4.69) is 17.6 Å². The van der Waals surface area contributed by atoms with E-state index in [0.29, 0.717) is 16.7 Å². The highest BCUT2D eigenvalue weighted by Gasteiger charge is 2.15. The number of nitrogens with one attached hydrogen (secondary N) is 2. The monoisotopic (exact) mass is 334 g/mol. The Kier molecular flexibility index (Phi) is 6.84. The summed E-state index contributed by atoms with van der Waals surface area (Å²) in [5, 5.41) is 6.41. The van der Waals surface area contributed by atoms with Crippen molar-refractivity contribution in [3.63, 3.8) is 0 Å². The van der Waals surface area contributed by atoms with Crippen LogP contribution in [-0.4, -0.2) is 23.2 Å². The average Bonchev–Trinajstić information content (AvgIpc) is 2.56. The van der Waals surface area contributed by atoms with Crippen molar-refractivity contribution in [3.05, 3.63) is 29.8 Å². The molecule has 0 spiro atoms. The summed E-state index contributed by atoms with van der Waals surface area (Å²) < 4.78 is 5.71. The summed E-state index contributed by atoms with van der Waals surface area (Å²) in [6.45, 7) is 4.10. The Labute approximate surface area is 144 Å². The van der Waals surface area contributed by atoms with Gasteiger partial charge in [-0.15, -0.1) is 0 Å². The SMILES string of the molecule is CCC(C)Oc1ccc(C(=O)NC(=S)NC2CCCCC2)cc1. The van der Waals surface area contributed by atoms with Crippen LogP contribution in [0.4, 0.5) is 0 Å². The van der Waals surface area contributed by atoms with Gasteiger partial charge in [-0.3, -0.25) is 10.1 Å². The first-order valence-electron chi connectivity index (χ1n) is 8.47. The van der Waals surface area contributed by atoms with Crippen LogP contribution >= 0.6 is 12.2 Å². The molecule has 0 aromatic heterocycles. The number of carbonyl (C=O) groups is 1. The van der Waals surface area contributed by atoms with Gasteiger partial charge in [-0.2, -0.15) is 0 Å². The summed E-state index contributed by atoms with van der Waals surface area (Å²) >= 11 is 5.24. The molecule has 23 heavy (non-hydrogen) atoms. The maximum Gasteiger partial charge on any atom is 0.257 e. The molecule has 0 radical (unpaired) electrons. The van der Waals surface area contributed by atoms with Gasteiger partial charge < -0.3 is 10.1 Å². The molecule has 1 aliphatic rings. The third-order valence-corrected chi connectivity index (χ3v) is 4.42. The highest BCUT2D eigenvalue weighted by atomic mass is 32.1. The van der Waals surface area contributed by atoms with E-state index in [4.69, 9.17) is 17.0 Å². The predicted octanol–water partition coefficient (Wildman–Crippen LogP) is 3.80. The van der Waals surface area contributed by atoms with Crippen molar-refractivity contribution >= 4 is 23.2 Å². The summed E-state index contributed by atoms with van der Waals surface area (Å²) in [5.41, 5.74) is 0.578. The molecule has 0 saturated heterocycles. The highest BCUT2D eigenvalue weighted by Crippen LogP contribution is 2.17. The van der Waals surface area contributed by atoms with E-state index in [-0.39, 0.29) is 12.0 Å². The van der Waals surface area contributed by atoms with Gasteiger partial charge in [-0.25, -0.2) is 0 Å². The molecule has 0 bridgehead atoms. The molecule has 0 heterocycles. The van der Waals surface area contributed by atoms with Crippen LogP contribution in [0.15, 0.2) is 24.3 Å². The number of hydrogen-bond donors (Lipinski definition) is 2. The summed E-state index contributed by atoms with van der Waals surface area (Å²) in [6.07, 6.45) is 7.11. The Morgan fingerprint density at radius 2 is 1.91 bits per heavy atom. The molecule has 1 saturated carbocycles. The lowest BCUT2D eigenvalue weighted by Gasteiger charge is -2.24. The topological polar surface area (TPSA) is 50.4 Å². The molecule has 1 aliphatic carbocycles. The van der Waals surface area contributed by atoms with Crippen molar-refractivity contribution in [1.29, 1.82) is 0 Å². The fraction of sp³-hybridized carbons (Fsp3) is 0.556. The number of thiocarbonyl (C=S) groups is 1. The lowest BCUT2D eigenvalue weighted by atomic mass is 9.96. The summed E-state index contributed by atoms with van der Waals surface area (Å²) in [4.78, 5) is 12.2. The molecular formula is C18H26N2O2S. The van der Waals surface area contributed by atoms with Crippen LogP contribution < -0.4 is 15.4 Å². The van der Waals surface area contributed by atoms with Gasteiger partial charge in [0, 0.05) is 11.6 Å². The zero-order valence-electron chi connectivity index (χ0n) is 13.9. The minimum absolute atomic E-state index is 0.168. The van der Waals surface area contributed by atoms with Gasteiger partial charge in [-0.05, 0) is 62.7 Å². The van der Waals surface area contributed by atoms with Crippen molar-refractivity contribution in [2.24, 2.45) is 0 Å². The van der Waals surface area contributed by atoms with Gasteiger partial charge in [0.05, 0.1) is 6.10 Å². The number of hydrogen-bond acceptors (Lipinski definition) is 3. The van der Waals surface area contributed by atoms with Crippen LogP contribution in [0.5, 0.6) is 5.75 Å². The Balaban J connectivity index is 1.83. The maximum absolute atomic E-state index is 12.2. The Bertz CT molecular complexity index is 524. The van der Waals surface area contributed by atoms with E-state index < -0.39 is 0 Å². The van der Waals surface area contributed by atoms with Crippen LogP contribution in [0.25, 0.3) is 0 Å². The summed E-state index contributed by atoms with van der Waals surface area (Å²) in [5.74, 6) is 0.590. The fourth-order valence-electron chi connectivity index (χ4n) is 2.64. The van der Waals surface area contributed by atoms with Crippen LogP contribution in [0.3, 0.4) is 0 Å². The zero-order valence-corrected chi connectivity index (χ0v) is 14.7. The van der Waals surface area contributed by atoms with Gasteiger partial charge in [0.1, 0.15) is 5.75 Å². The van der Waals surface area contributed by atoms with Gasteiger partial charge in [0.2, 0.25) is 0 Å². The Morgan fingerprint density at radius 1 is 1.26 bits per heavy atom. The number of ether oxygens (including phenoxy) is 1. The largest absolute Gasteiger partial charge is 0.491 e. The van der Waals surface area contributed by atoms with Crippen LogP contribution in [0.1, 0.15) is 62.7 Å². The second kappa shape index (κ2) is 8.87. The van der Waals surface area contributed by atoms with Gasteiger partial charge in [0.25, 0.3) is 5.91 Å². The fourth-order valence-corrected chi connectivity index (χ4v) is 2.90. The first-order chi connectivity index (χ1) is 11.1. The van der Waals surface area contributed by atoms with Crippen molar-refractivity contribution in [2.45, 2.75) is 64.5 Å². The van der Waals surface area contributed by atoms with Gasteiger partial charge in [0.15, 0.2) is 5.11 Å². The molecule has 5 heteroatoms. The normalized spacial score (nSPS) is 16.4. The first-order valence-corrected chi connectivity index (χ1v) is 8.88.